The lowest BCUT2D eigenvalue weighted by Gasteiger charge is -2.33. The Morgan fingerprint density at radius 2 is 1.89 bits per heavy atom. The maximum absolute atomic E-state index is 3.76. The molecule has 0 saturated carbocycles. The number of fused-ring (bicyclic) bond motifs is 1. The van der Waals surface area contributed by atoms with E-state index in [9.17, 15) is 0 Å². The molecular weight excluding hydrogens is 234 g/mol. The molecule has 0 aliphatic carbocycles. The van der Waals surface area contributed by atoms with Gasteiger partial charge in [-0.1, -0.05) is 13.8 Å². The summed E-state index contributed by atoms with van der Waals surface area (Å²) in [6.07, 6.45) is 8.04. The smallest absolute Gasteiger partial charge is 0.0492 e. The number of nitrogens with one attached hydrogen (secondary N) is 1. The molecule has 2 saturated heterocycles. The highest BCUT2D eigenvalue weighted by Gasteiger charge is 2.36. The fourth-order valence-corrected chi connectivity index (χ4v) is 4.13. The Hall–Kier alpha value is -0.540. The van der Waals surface area contributed by atoms with Gasteiger partial charge in [-0.2, -0.15) is 0 Å². The van der Waals surface area contributed by atoms with Crippen LogP contribution in [-0.4, -0.2) is 42.1 Å². The molecule has 3 heterocycles. The second kappa shape index (κ2) is 5.84. The number of hydrogen-bond donors (Lipinski definition) is 1. The zero-order valence-electron chi connectivity index (χ0n) is 12.6. The average Bonchev–Trinajstić information content (AvgIpc) is 2.86. The summed E-state index contributed by atoms with van der Waals surface area (Å²) in [5.41, 5.74) is 7.22. The van der Waals surface area contributed by atoms with Gasteiger partial charge in [-0.15, -0.1) is 0 Å². The molecular formula is C16H29N3. The predicted octanol–water partition coefficient (Wildman–Crippen LogP) is 2.76. The number of piperidine rings is 2. The minimum atomic E-state index is 0.631. The first-order chi connectivity index (χ1) is 9.33. The van der Waals surface area contributed by atoms with E-state index < -0.39 is 0 Å². The zero-order valence-corrected chi connectivity index (χ0v) is 12.6. The predicted molar refractivity (Wildman–Crippen MR) is 79.6 cm³/mol. The van der Waals surface area contributed by atoms with Gasteiger partial charge in [0.15, 0.2) is 0 Å². The first-order valence-corrected chi connectivity index (χ1v) is 8.32. The molecule has 108 valence electrons. The van der Waals surface area contributed by atoms with Gasteiger partial charge in [0.1, 0.15) is 0 Å². The Balaban J connectivity index is 1.76. The molecule has 0 aromatic rings. The molecule has 0 aromatic carbocycles. The summed E-state index contributed by atoms with van der Waals surface area (Å²) < 4.78 is 0. The monoisotopic (exact) mass is 263 g/mol. The zero-order chi connectivity index (χ0) is 13.2. The SMILES string of the molecule is CCC1NN2CCCCC2=C1C1CCN(CC)CC1. The Bertz CT molecular complexity index is 342. The van der Waals surface area contributed by atoms with Gasteiger partial charge in [0.05, 0.1) is 0 Å². The van der Waals surface area contributed by atoms with Gasteiger partial charge in [-0.05, 0) is 69.7 Å². The van der Waals surface area contributed by atoms with Crippen LogP contribution in [0.3, 0.4) is 0 Å². The lowest BCUT2D eigenvalue weighted by Crippen LogP contribution is -2.40. The van der Waals surface area contributed by atoms with E-state index in [0.717, 1.165) is 5.92 Å². The van der Waals surface area contributed by atoms with Crippen molar-refractivity contribution in [2.75, 3.05) is 26.2 Å². The van der Waals surface area contributed by atoms with Crippen molar-refractivity contribution in [3.63, 3.8) is 0 Å². The molecule has 0 aromatic heterocycles. The molecule has 0 bridgehead atoms. The second-order valence-corrected chi connectivity index (χ2v) is 6.31. The molecule has 0 spiro atoms. The Labute approximate surface area is 118 Å². The van der Waals surface area contributed by atoms with Crippen molar-refractivity contribution < 1.29 is 0 Å². The van der Waals surface area contributed by atoms with Crippen molar-refractivity contribution in [3.05, 3.63) is 11.3 Å². The van der Waals surface area contributed by atoms with Gasteiger partial charge in [-0.3, -0.25) is 0 Å². The lowest BCUT2D eigenvalue weighted by molar-refractivity contribution is 0.202. The standard InChI is InChI=1S/C16H29N3/c1-3-14-16(13-8-11-18(4-2)12-9-13)15-7-5-6-10-19(15)17-14/h13-14,17H,3-12H2,1-2H3. The molecule has 3 aliphatic rings. The van der Waals surface area contributed by atoms with Crippen LogP contribution in [0.15, 0.2) is 11.3 Å². The van der Waals surface area contributed by atoms with Crippen LogP contribution < -0.4 is 5.43 Å². The summed E-state index contributed by atoms with van der Waals surface area (Å²) in [5.74, 6) is 0.846. The third-order valence-corrected chi connectivity index (χ3v) is 5.27. The van der Waals surface area contributed by atoms with E-state index in [0.29, 0.717) is 6.04 Å². The minimum absolute atomic E-state index is 0.631. The molecule has 3 rings (SSSR count). The van der Waals surface area contributed by atoms with Crippen LogP contribution in [0.2, 0.25) is 0 Å². The van der Waals surface area contributed by atoms with E-state index in [2.05, 4.69) is 29.2 Å². The molecule has 3 nitrogen and oxygen atoms in total. The van der Waals surface area contributed by atoms with Crippen molar-refractivity contribution >= 4 is 0 Å². The van der Waals surface area contributed by atoms with Crippen LogP contribution in [0.1, 0.15) is 52.4 Å². The summed E-state index contributed by atoms with van der Waals surface area (Å²) in [7, 11) is 0. The largest absolute Gasteiger partial charge is 0.312 e. The molecule has 0 radical (unpaired) electrons. The Kier molecular flexibility index (Phi) is 4.13. The van der Waals surface area contributed by atoms with Gasteiger partial charge in [0.2, 0.25) is 0 Å². The van der Waals surface area contributed by atoms with Crippen molar-refractivity contribution in [1.82, 2.24) is 15.3 Å². The van der Waals surface area contributed by atoms with Crippen molar-refractivity contribution in [2.45, 2.75) is 58.4 Å². The number of hydrazine groups is 1. The molecule has 1 unspecified atom stereocenters. The molecule has 3 heteroatoms. The van der Waals surface area contributed by atoms with Crippen LogP contribution in [-0.2, 0) is 0 Å². The van der Waals surface area contributed by atoms with E-state index in [-0.39, 0.29) is 0 Å². The number of nitrogens with zero attached hydrogens (tertiary/aromatic N) is 2. The highest BCUT2D eigenvalue weighted by molar-refractivity contribution is 5.27. The first kappa shape index (κ1) is 13.4. The van der Waals surface area contributed by atoms with Gasteiger partial charge >= 0.3 is 0 Å². The van der Waals surface area contributed by atoms with Crippen LogP contribution >= 0.6 is 0 Å². The number of likely N-dealkylation sites (tertiary alicyclic amines) is 1. The van der Waals surface area contributed by atoms with Crippen LogP contribution in [0.25, 0.3) is 0 Å². The van der Waals surface area contributed by atoms with Gasteiger partial charge in [0, 0.05) is 18.3 Å². The summed E-state index contributed by atoms with van der Waals surface area (Å²) in [6.45, 7) is 9.67. The molecule has 2 fully saturated rings. The molecule has 0 amide bonds. The van der Waals surface area contributed by atoms with Crippen molar-refractivity contribution in [2.24, 2.45) is 5.92 Å². The highest BCUT2D eigenvalue weighted by Crippen LogP contribution is 2.38. The lowest BCUT2D eigenvalue weighted by atomic mass is 9.83. The van der Waals surface area contributed by atoms with Crippen LogP contribution in [0.5, 0.6) is 0 Å². The van der Waals surface area contributed by atoms with Gasteiger partial charge < -0.3 is 9.91 Å². The fourth-order valence-electron chi connectivity index (χ4n) is 4.13. The van der Waals surface area contributed by atoms with Gasteiger partial charge in [-0.25, -0.2) is 5.43 Å². The Morgan fingerprint density at radius 1 is 1.11 bits per heavy atom. The third kappa shape index (κ3) is 2.55. The molecule has 19 heavy (non-hydrogen) atoms. The minimum Gasteiger partial charge on any atom is -0.312 e. The van der Waals surface area contributed by atoms with E-state index in [1.54, 1.807) is 11.3 Å². The van der Waals surface area contributed by atoms with Crippen molar-refractivity contribution in [3.8, 4) is 0 Å². The molecule has 1 N–H and O–H groups in total. The quantitative estimate of drug-likeness (QED) is 0.844. The number of rotatable bonds is 3. The van der Waals surface area contributed by atoms with Crippen molar-refractivity contribution in [1.29, 1.82) is 0 Å². The maximum atomic E-state index is 3.76. The first-order valence-electron chi connectivity index (χ1n) is 8.32. The fraction of sp³-hybridized carbons (Fsp3) is 0.875. The Morgan fingerprint density at radius 3 is 2.58 bits per heavy atom. The summed E-state index contributed by atoms with van der Waals surface area (Å²) in [5, 5.41) is 2.49. The summed E-state index contributed by atoms with van der Waals surface area (Å²) in [6, 6.07) is 0.631. The second-order valence-electron chi connectivity index (χ2n) is 6.31. The normalized spacial score (nSPS) is 30.0. The number of allylic oxidation sites excluding steroid dienone is 1. The average molecular weight is 263 g/mol. The topological polar surface area (TPSA) is 18.5 Å². The van der Waals surface area contributed by atoms with E-state index in [1.165, 1.54) is 64.7 Å². The number of hydrogen-bond acceptors (Lipinski definition) is 3. The molecule has 1 atom stereocenters. The summed E-state index contributed by atoms with van der Waals surface area (Å²) >= 11 is 0. The summed E-state index contributed by atoms with van der Waals surface area (Å²) in [4.78, 5) is 2.60. The van der Waals surface area contributed by atoms with E-state index >= 15 is 0 Å². The third-order valence-electron chi connectivity index (χ3n) is 5.27. The molecule has 3 aliphatic heterocycles. The van der Waals surface area contributed by atoms with Crippen LogP contribution in [0, 0.1) is 5.92 Å². The van der Waals surface area contributed by atoms with E-state index in [4.69, 9.17) is 0 Å². The van der Waals surface area contributed by atoms with Crippen LogP contribution in [0.4, 0.5) is 0 Å². The highest BCUT2D eigenvalue weighted by atomic mass is 15.5. The maximum Gasteiger partial charge on any atom is 0.0492 e. The van der Waals surface area contributed by atoms with Gasteiger partial charge in [0.25, 0.3) is 0 Å². The van der Waals surface area contributed by atoms with E-state index in [1.807, 2.05) is 0 Å².